The minimum atomic E-state index is -0.889. The first-order valence-electron chi connectivity index (χ1n) is 11.9. The van der Waals surface area contributed by atoms with Crippen LogP contribution in [0.25, 0.3) is 11.4 Å². The predicted octanol–water partition coefficient (Wildman–Crippen LogP) is 4.21. The van der Waals surface area contributed by atoms with Gasteiger partial charge in [-0.05, 0) is 49.1 Å². The second-order valence-electron chi connectivity index (χ2n) is 8.98. The van der Waals surface area contributed by atoms with Crippen molar-refractivity contribution in [2.24, 2.45) is 5.92 Å². The van der Waals surface area contributed by atoms with Crippen LogP contribution in [-0.4, -0.2) is 39.7 Å². The van der Waals surface area contributed by atoms with Gasteiger partial charge < -0.3 is 19.9 Å². The van der Waals surface area contributed by atoms with Crippen molar-refractivity contribution in [3.8, 4) is 17.1 Å². The van der Waals surface area contributed by atoms with Crippen molar-refractivity contribution in [1.29, 1.82) is 0 Å². The number of anilines is 1. The molecule has 2 heterocycles. The monoisotopic (exact) mass is 479 g/mol. The molecule has 0 bridgehead atoms. The Bertz CT molecular complexity index is 1220. The number of rotatable bonds is 7. The van der Waals surface area contributed by atoms with Gasteiger partial charge in [-0.3, -0.25) is 9.59 Å². The van der Waals surface area contributed by atoms with Gasteiger partial charge in [-0.25, -0.2) is 4.39 Å². The lowest BCUT2D eigenvalue weighted by molar-refractivity contribution is -0.118. The van der Waals surface area contributed by atoms with Crippen molar-refractivity contribution in [2.45, 2.75) is 52.1 Å². The molecule has 2 amide bonds. The van der Waals surface area contributed by atoms with Gasteiger partial charge in [0.25, 0.3) is 5.91 Å². The normalized spacial score (nSPS) is 14.1. The summed E-state index contributed by atoms with van der Waals surface area (Å²) in [5.41, 5.74) is 1.01. The third-order valence-corrected chi connectivity index (χ3v) is 6.18. The molecule has 0 radical (unpaired) electrons. The van der Waals surface area contributed by atoms with Crippen LogP contribution in [0.4, 0.5) is 10.1 Å². The number of aromatic nitrogens is 3. The summed E-state index contributed by atoms with van der Waals surface area (Å²) in [6.45, 7) is 4.43. The third kappa shape index (κ3) is 5.34. The quantitative estimate of drug-likeness (QED) is 0.529. The van der Waals surface area contributed by atoms with Gasteiger partial charge in [-0.2, -0.15) is 0 Å². The Morgan fingerprint density at radius 2 is 1.89 bits per heavy atom. The lowest BCUT2D eigenvalue weighted by Gasteiger charge is -2.22. The number of carbonyl (C=O) groups is 2. The molecule has 9 heteroatoms. The zero-order valence-corrected chi connectivity index (χ0v) is 20.2. The lowest BCUT2D eigenvalue weighted by Crippen LogP contribution is -2.47. The summed E-state index contributed by atoms with van der Waals surface area (Å²) in [4.78, 5) is 26.0. The molecule has 0 spiro atoms. The number of nitrogens with zero attached hydrogens (tertiary/aromatic N) is 3. The van der Waals surface area contributed by atoms with Crippen LogP contribution < -0.4 is 15.4 Å². The van der Waals surface area contributed by atoms with Crippen LogP contribution in [0.3, 0.4) is 0 Å². The van der Waals surface area contributed by atoms with Gasteiger partial charge in [-0.1, -0.05) is 32.4 Å². The van der Waals surface area contributed by atoms with E-state index in [-0.39, 0.29) is 11.6 Å². The van der Waals surface area contributed by atoms with Crippen LogP contribution in [0.1, 0.15) is 49.3 Å². The summed E-state index contributed by atoms with van der Waals surface area (Å²) in [5.74, 6) is 0.201. The van der Waals surface area contributed by atoms with Gasteiger partial charge in [0.15, 0.2) is 5.82 Å². The second kappa shape index (κ2) is 10.7. The van der Waals surface area contributed by atoms with Crippen LogP contribution in [-0.2, 0) is 17.8 Å². The predicted molar refractivity (Wildman–Crippen MR) is 131 cm³/mol. The van der Waals surface area contributed by atoms with Gasteiger partial charge in [0, 0.05) is 18.5 Å². The van der Waals surface area contributed by atoms with Gasteiger partial charge in [0.2, 0.25) is 5.91 Å². The van der Waals surface area contributed by atoms with E-state index < -0.39 is 23.7 Å². The molecule has 35 heavy (non-hydrogen) atoms. The number of hydrogen-bond acceptors (Lipinski definition) is 5. The molecule has 1 aromatic heterocycles. The maximum Gasteiger partial charge on any atom is 0.255 e. The molecule has 0 saturated heterocycles. The van der Waals surface area contributed by atoms with Crippen molar-refractivity contribution >= 4 is 17.5 Å². The Hall–Kier alpha value is -3.75. The second-order valence-corrected chi connectivity index (χ2v) is 8.98. The third-order valence-electron chi connectivity index (χ3n) is 6.18. The fourth-order valence-corrected chi connectivity index (χ4v) is 4.26. The highest BCUT2D eigenvalue weighted by atomic mass is 19.1. The maximum atomic E-state index is 14.7. The molecule has 184 valence electrons. The Morgan fingerprint density at radius 1 is 1.09 bits per heavy atom. The molecule has 1 atom stereocenters. The number of ether oxygens (including phenoxy) is 1. The average Bonchev–Trinajstić information content (AvgIpc) is 3.11. The number of halogens is 1. The molecule has 8 nitrogen and oxygen atoms in total. The first-order valence-corrected chi connectivity index (χ1v) is 11.9. The van der Waals surface area contributed by atoms with Crippen molar-refractivity contribution in [3.05, 3.63) is 59.7 Å². The van der Waals surface area contributed by atoms with Crippen LogP contribution in [0.2, 0.25) is 0 Å². The summed E-state index contributed by atoms with van der Waals surface area (Å²) in [5, 5.41) is 14.0. The largest absolute Gasteiger partial charge is 0.496 e. The van der Waals surface area contributed by atoms with E-state index in [1.807, 2.05) is 13.8 Å². The number of carbonyl (C=O) groups excluding carboxylic acids is 2. The molecule has 2 N–H and O–H groups in total. The molecule has 0 fully saturated rings. The Labute approximate surface area is 203 Å². The lowest BCUT2D eigenvalue weighted by atomic mass is 10.0. The molecular weight excluding hydrogens is 449 g/mol. The van der Waals surface area contributed by atoms with E-state index in [4.69, 9.17) is 4.74 Å². The molecule has 1 aliphatic heterocycles. The summed E-state index contributed by atoms with van der Waals surface area (Å²) in [6.07, 6.45) is 4.09. The number of methoxy groups -OCH3 is 1. The van der Waals surface area contributed by atoms with E-state index in [9.17, 15) is 14.0 Å². The van der Waals surface area contributed by atoms with E-state index in [2.05, 4.69) is 25.4 Å². The Balaban J connectivity index is 1.55. The van der Waals surface area contributed by atoms with Gasteiger partial charge >= 0.3 is 0 Å². The smallest absolute Gasteiger partial charge is 0.255 e. The number of nitrogens with one attached hydrogen (secondary N) is 2. The summed E-state index contributed by atoms with van der Waals surface area (Å²) >= 11 is 0. The fraction of sp³-hybridized carbons (Fsp3) is 0.385. The van der Waals surface area contributed by atoms with E-state index in [1.54, 1.807) is 36.4 Å². The highest BCUT2D eigenvalue weighted by Gasteiger charge is 2.27. The van der Waals surface area contributed by atoms with Crippen LogP contribution in [0.5, 0.6) is 5.75 Å². The van der Waals surface area contributed by atoms with Crippen LogP contribution in [0.15, 0.2) is 42.5 Å². The first-order chi connectivity index (χ1) is 16.9. The van der Waals surface area contributed by atoms with Crippen LogP contribution in [0, 0.1) is 11.7 Å². The molecule has 4 rings (SSSR count). The SMILES string of the molecule is COc1ccccc1C(=O)NC(C(=O)Nc1cc(-c2nnc3n2CCCCC3)ccc1F)C(C)C. The van der Waals surface area contributed by atoms with E-state index in [1.165, 1.54) is 13.2 Å². The number of hydrogen-bond donors (Lipinski definition) is 2. The molecule has 1 unspecified atom stereocenters. The topological polar surface area (TPSA) is 98.1 Å². The van der Waals surface area contributed by atoms with E-state index in [0.717, 1.165) is 38.1 Å². The highest BCUT2D eigenvalue weighted by Crippen LogP contribution is 2.27. The maximum absolute atomic E-state index is 14.7. The Morgan fingerprint density at radius 3 is 2.66 bits per heavy atom. The minimum absolute atomic E-state index is 0.0238. The van der Waals surface area contributed by atoms with Gasteiger partial charge in [0.1, 0.15) is 23.4 Å². The highest BCUT2D eigenvalue weighted by molar-refractivity contribution is 6.02. The van der Waals surface area contributed by atoms with E-state index >= 15 is 0 Å². The number of aryl methyl sites for hydroxylation is 1. The standard InChI is InChI=1S/C26H30FN5O3/c1-16(2)23(29-25(33)18-9-6-7-10-21(18)35-3)26(34)28-20-15-17(12-13-19(20)27)24-31-30-22-11-5-4-8-14-32(22)24/h6-7,9-10,12-13,15-16,23H,4-5,8,11,14H2,1-3H3,(H,28,34)(H,29,33). The van der Waals surface area contributed by atoms with Crippen LogP contribution >= 0.6 is 0 Å². The molecule has 2 aromatic carbocycles. The number of para-hydroxylation sites is 1. The zero-order valence-electron chi connectivity index (χ0n) is 20.2. The van der Waals surface area contributed by atoms with Crippen molar-refractivity contribution in [2.75, 3.05) is 12.4 Å². The molecule has 0 aliphatic carbocycles. The minimum Gasteiger partial charge on any atom is -0.496 e. The summed E-state index contributed by atoms with van der Waals surface area (Å²) < 4.78 is 22.0. The zero-order chi connectivity index (χ0) is 24.9. The molecular formula is C26H30FN5O3. The Kier molecular flexibility index (Phi) is 7.43. The molecule has 0 saturated carbocycles. The van der Waals surface area contributed by atoms with Gasteiger partial charge in [0.05, 0.1) is 18.4 Å². The number of amides is 2. The molecule has 3 aromatic rings. The average molecular weight is 480 g/mol. The van der Waals surface area contributed by atoms with Gasteiger partial charge in [-0.15, -0.1) is 10.2 Å². The summed E-state index contributed by atoms with van der Waals surface area (Å²) in [7, 11) is 1.47. The van der Waals surface area contributed by atoms with Crippen molar-refractivity contribution in [1.82, 2.24) is 20.1 Å². The molecule has 1 aliphatic rings. The fourth-order valence-electron chi connectivity index (χ4n) is 4.26. The summed E-state index contributed by atoms with van der Waals surface area (Å²) in [6, 6.07) is 10.4. The number of benzene rings is 2. The van der Waals surface area contributed by atoms with E-state index in [0.29, 0.717) is 22.7 Å². The number of fused-ring (bicyclic) bond motifs is 1. The first kappa shape index (κ1) is 24.4. The van der Waals surface area contributed by atoms with Crippen molar-refractivity contribution < 1.29 is 18.7 Å². The van der Waals surface area contributed by atoms with Crippen molar-refractivity contribution in [3.63, 3.8) is 0 Å².